The van der Waals surface area contributed by atoms with Gasteiger partial charge in [-0.25, -0.2) is 8.42 Å². The van der Waals surface area contributed by atoms with E-state index in [0.29, 0.717) is 5.56 Å². The molecule has 2 aromatic rings. The molecule has 0 spiro atoms. The molecule has 2 aromatic carbocycles. The lowest BCUT2D eigenvalue weighted by Gasteiger charge is -2.09. The van der Waals surface area contributed by atoms with Crippen LogP contribution in [0.2, 0.25) is 0 Å². The third kappa shape index (κ3) is 4.17. The third-order valence-electron chi connectivity index (χ3n) is 3.41. The van der Waals surface area contributed by atoms with Crippen molar-refractivity contribution in [3.8, 4) is 0 Å². The van der Waals surface area contributed by atoms with E-state index < -0.39 is 26.4 Å². The topological polar surface area (TPSA) is 106 Å². The maximum Gasteiger partial charge on any atom is 0.271 e. The molecule has 0 aliphatic rings. The molecule has 1 amide bonds. The lowest BCUT2D eigenvalue weighted by Crippen LogP contribution is -2.23. The number of aryl methyl sites for hydroxylation is 2. The number of rotatable bonds is 5. The zero-order valence-electron chi connectivity index (χ0n) is 13.1. The van der Waals surface area contributed by atoms with Crippen molar-refractivity contribution in [1.82, 2.24) is 0 Å². The number of nitrogens with zero attached hydrogens (tertiary/aromatic N) is 1. The van der Waals surface area contributed by atoms with Gasteiger partial charge in [-0.05, 0) is 31.5 Å². The minimum absolute atomic E-state index is 0.0546. The first-order valence-corrected chi connectivity index (χ1v) is 8.68. The van der Waals surface area contributed by atoms with Crippen molar-refractivity contribution in [3.63, 3.8) is 0 Å². The number of nitrogens with one attached hydrogen (secondary N) is 1. The van der Waals surface area contributed by atoms with Crippen LogP contribution in [0.4, 0.5) is 11.4 Å². The molecule has 24 heavy (non-hydrogen) atoms. The van der Waals surface area contributed by atoms with E-state index in [-0.39, 0.29) is 16.3 Å². The summed E-state index contributed by atoms with van der Waals surface area (Å²) in [6.07, 6.45) is 0. The zero-order valence-corrected chi connectivity index (χ0v) is 14.0. The summed E-state index contributed by atoms with van der Waals surface area (Å²) in [5, 5.41) is 13.2. The van der Waals surface area contributed by atoms with E-state index >= 15 is 0 Å². The summed E-state index contributed by atoms with van der Waals surface area (Å²) in [7, 11) is -3.78. The summed E-state index contributed by atoms with van der Waals surface area (Å²) in [4.78, 5) is 22.3. The van der Waals surface area contributed by atoms with E-state index in [9.17, 15) is 23.3 Å². The van der Waals surface area contributed by atoms with Crippen LogP contribution in [-0.2, 0) is 14.6 Å². The summed E-state index contributed by atoms with van der Waals surface area (Å²) in [6.45, 7) is 3.49. The summed E-state index contributed by atoms with van der Waals surface area (Å²) >= 11 is 0. The van der Waals surface area contributed by atoms with Gasteiger partial charge < -0.3 is 5.32 Å². The molecule has 7 nitrogen and oxygen atoms in total. The Bertz CT molecular complexity index is 889. The van der Waals surface area contributed by atoms with Crippen molar-refractivity contribution >= 4 is 27.1 Å². The quantitative estimate of drug-likeness (QED) is 0.660. The molecular formula is C16H16N2O5S. The number of nitro benzene ring substituents is 1. The van der Waals surface area contributed by atoms with Crippen LogP contribution >= 0.6 is 0 Å². The summed E-state index contributed by atoms with van der Waals surface area (Å²) < 4.78 is 24.5. The Morgan fingerprint density at radius 3 is 2.33 bits per heavy atom. The molecule has 2 rings (SSSR count). The number of benzene rings is 2. The Hall–Kier alpha value is -2.74. The highest BCUT2D eigenvalue weighted by atomic mass is 32.2. The standard InChI is InChI=1S/C16H16N2O5S/c1-11-3-7-14(8-4-11)24(22,23)10-16(19)17-15-9-13(18(20)21)6-5-12(15)2/h3-9H,10H2,1-2H3,(H,17,19). The van der Waals surface area contributed by atoms with Crippen molar-refractivity contribution < 1.29 is 18.1 Å². The zero-order chi connectivity index (χ0) is 17.9. The Kier molecular flexibility index (Phi) is 4.99. The highest BCUT2D eigenvalue weighted by molar-refractivity contribution is 7.92. The van der Waals surface area contributed by atoms with Gasteiger partial charge in [0.15, 0.2) is 9.84 Å². The molecule has 0 aliphatic carbocycles. The van der Waals surface area contributed by atoms with Crippen LogP contribution in [0.15, 0.2) is 47.4 Å². The number of non-ortho nitro benzene ring substituents is 1. The molecule has 126 valence electrons. The number of hydrogen-bond acceptors (Lipinski definition) is 5. The van der Waals surface area contributed by atoms with Crippen LogP contribution in [0, 0.1) is 24.0 Å². The van der Waals surface area contributed by atoms with Crippen LogP contribution in [0.5, 0.6) is 0 Å². The molecular weight excluding hydrogens is 332 g/mol. The molecule has 0 aliphatic heterocycles. The number of anilines is 1. The molecule has 0 heterocycles. The molecule has 0 radical (unpaired) electrons. The molecule has 0 bridgehead atoms. The minimum atomic E-state index is -3.78. The Balaban J connectivity index is 2.17. The molecule has 0 fully saturated rings. The van der Waals surface area contributed by atoms with Crippen molar-refractivity contribution in [2.45, 2.75) is 18.7 Å². The molecule has 0 saturated carbocycles. The monoisotopic (exact) mass is 348 g/mol. The predicted octanol–water partition coefficient (Wildman–Crippen LogP) is 2.62. The van der Waals surface area contributed by atoms with Gasteiger partial charge in [0.1, 0.15) is 5.75 Å². The first kappa shape index (κ1) is 17.6. The molecule has 8 heteroatoms. The number of amides is 1. The summed E-state index contributed by atoms with van der Waals surface area (Å²) in [5.74, 6) is -1.49. The van der Waals surface area contributed by atoms with Crippen molar-refractivity contribution in [2.75, 3.05) is 11.1 Å². The maximum atomic E-state index is 12.2. The van der Waals surface area contributed by atoms with Crippen molar-refractivity contribution in [3.05, 3.63) is 63.7 Å². The summed E-state index contributed by atoms with van der Waals surface area (Å²) in [6, 6.07) is 10.2. The normalized spacial score (nSPS) is 11.1. The Labute approximate surface area is 139 Å². The maximum absolute atomic E-state index is 12.2. The van der Waals surface area contributed by atoms with Gasteiger partial charge in [0.25, 0.3) is 5.69 Å². The van der Waals surface area contributed by atoms with Crippen LogP contribution in [0.25, 0.3) is 0 Å². The largest absolute Gasteiger partial charge is 0.325 e. The van der Waals surface area contributed by atoms with Crippen molar-refractivity contribution in [2.24, 2.45) is 0 Å². The molecule has 0 unspecified atom stereocenters. The second-order valence-corrected chi connectivity index (χ2v) is 7.37. The van der Waals surface area contributed by atoms with Gasteiger partial charge in [0.05, 0.1) is 15.5 Å². The predicted molar refractivity (Wildman–Crippen MR) is 89.7 cm³/mol. The van der Waals surface area contributed by atoms with Gasteiger partial charge in [0, 0.05) is 12.1 Å². The van der Waals surface area contributed by atoms with Crippen LogP contribution in [-0.4, -0.2) is 25.0 Å². The number of nitro groups is 1. The highest BCUT2D eigenvalue weighted by Gasteiger charge is 2.20. The number of hydrogen-bond donors (Lipinski definition) is 1. The number of sulfone groups is 1. The van der Waals surface area contributed by atoms with E-state index in [0.717, 1.165) is 5.56 Å². The first-order chi connectivity index (χ1) is 11.2. The van der Waals surface area contributed by atoms with Gasteiger partial charge in [-0.2, -0.15) is 0 Å². The molecule has 0 saturated heterocycles. The number of carbonyl (C=O) groups is 1. The van der Waals surface area contributed by atoms with E-state index in [2.05, 4.69) is 5.32 Å². The van der Waals surface area contributed by atoms with E-state index in [1.807, 2.05) is 6.92 Å². The smallest absolute Gasteiger partial charge is 0.271 e. The molecule has 0 aromatic heterocycles. The Morgan fingerprint density at radius 2 is 1.75 bits per heavy atom. The average Bonchev–Trinajstić information content (AvgIpc) is 2.49. The number of carbonyl (C=O) groups excluding carboxylic acids is 1. The van der Waals surface area contributed by atoms with Crippen molar-refractivity contribution in [1.29, 1.82) is 0 Å². The van der Waals surface area contributed by atoms with Gasteiger partial charge in [-0.15, -0.1) is 0 Å². The third-order valence-corrected chi connectivity index (χ3v) is 5.04. The fourth-order valence-electron chi connectivity index (χ4n) is 2.05. The van der Waals surface area contributed by atoms with Crippen LogP contribution in [0.1, 0.15) is 11.1 Å². The van der Waals surface area contributed by atoms with E-state index in [1.54, 1.807) is 19.1 Å². The van der Waals surface area contributed by atoms with E-state index in [1.165, 1.54) is 30.3 Å². The van der Waals surface area contributed by atoms with Crippen LogP contribution < -0.4 is 5.32 Å². The van der Waals surface area contributed by atoms with Gasteiger partial charge >= 0.3 is 0 Å². The fraction of sp³-hybridized carbons (Fsp3) is 0.188. The van der Waals surface area contributed by atoms with Crippen LogP contribution in [0.3, 0.4) is 0 Å². The van der Waals surface area contributed by atoms with E-state index in [4.69, 9.17) is 0 Å². The average molecular weight is 348 g/mol. The summed E-state index contributed by atoms with van der Waals surface area (Å²) in [5.41, 5.74) is 1.54. The fourth-order valence-corrected chi connectivity index (χ4v) is 3.18. The lowest BCUT2D eigenvalue weighted by atomic mass is 10.2. The highest BCUT2D eigenvalue weighted by Crippen LogP contribution is 2.22. The first-order valence-electron chi connectivity index (χ1n) is 7.03. The van der Waals surface area contributed by atoms with Gasteiger partial charge in [-0.3, -0.25) is 14.9 Å². The molecule has 1 N–H and O–H groups in total. The SMILES string of the molecule is Cc1ccc(S(=O)(=O)CC(=O)Nc2cc([N+](=O)[O-])ccc2C)cc1. The van der Waals surface area contributed by atoms with Gasteiger partial charge in [-0.1, -0.05) is 23.8 Å². The molecule has 0 atom stereocenters. The van der Waals surface area contributed by atoms with Gasteiger partial charge in [0.2, 0.25) is 5.91 Å². The minimum Gasteiger partial charge on any atom is -0.325 e. The Morgan fingerprint density at radius 1 is 1.12 bits per heavy atom. The second kappa shape index (κ2) is 6.79. The lowest BCUT2D eigenvalue weighted by molar-refractivity contribution is -0.384. The second-order valence-electron chi connectivity index (χ2n) is 5.38.